The van der Waals surface area contributed by atoms with Gasteiger partial charge >= 0.3 is 5.97 Å². The number of benzene rings is 4. The highest BCUT2D eigenvalue weighted by molar-refractivity contribution is 6.09. The highest BCUT2D eigenvalue weighted by atomic mass is 16.7. The second-order valence-corrected chi connectivity index (χ2v) is 8.91. The second-order valence-electron chi connectivity index (χ2n) is 8.91. The van der Waals surface area contributed by atoms with E-state index in [-0.39, 0.29) is 5.78 Å². The summed E-state index contributed by atoms with van der Waals surface area (Å²) in [5.41, 5.74) is 7.99. The van der Waals surface area contributed by atoms with Gasteiger partial charge in [-0.2, -0.15) is 0 Å². The first-order chi connectivity index (χ1) is 17.9. The van der Waals surface area contributed by atoms with E-state index < -0.39 is 5.97 Å². The van der Waals surface area contributed by atoms with E-state index in [4.69, 9.17) is 4.84 Å². The number of rotatable bonds is 8. The van der Waals surface area contributed by atoms with Crippen LogP contribution in [0.2, 0.25) is 0 Å². The van der Waals surface area contributed by atoms with E-state index in [1.807, 2.05) is 79.7 Å². The van der Waals surface area contributed by atoms with Gasteiger partial charge in [-0.3, -0.25) is 4.79 Å². The fourth-order valence-electron chi connectivity index (χ4n) is 4.08. The average molecular weight is 491 g/mol. The first-order valence-corrected chi connectivity index (χ1v) is 12.3. The molecule has 0 N–H and O–H groups in total. The molecule has 4 rings (SSSR count). The number of oxime groups is 1. The van der Waals surface area contributed by atoms with Crippen molar-refractivity contribution in [1.82, 2.24) is 0 Å². The van der Waals surface area contributed by atoms with Gasteiger partial charge in [-0.05, 0) is 86.0 Å². The molecule has 186 valence electrons. The van der Waals surface area contributed by atoms with Crippen molar-refractivity contribution >= 4 is 34.5 Å². The molecule has 0 saturated carbocycles. The highest BCUT2D eigenvalue weighted by Crippen LogP contribution is 2.35. The molecule has 0 aliphatic carbocycles. The van der Waals surface area contributed by atoms with Gasteiger partial charge in [0.25, 0.3) is 0 Å². The molecule has 0 spiro atoms. The van der Waals surface area contributed by atoms with Crippen LogP contribution in [-0.2, 0) is 16.1 Å². The maximum absolute atomic E-state index is 13.0. The van der Waals surface area contributed by atoms with Crippen LogP contribution >= 0.6 is 0 Å². The number of anilines is 3. The second kappa shape index (κ2) is 11.5. The predicted octanol–water partition coefficient (Wildman–Crippen LogP) is 7.55. The number of hydrogen-bond acceptors (Lipinski definition) is 5. The van der Waals surface area contributed by atoms with Gasteiger partial charge in [-0.25, -0.2) is 4.79 Å². The fraction of sp³-hybridized carbons (Fsp3) is 0.156. The van der Waals surface area contributed by atoms with Crippen molar-refractivity contribution in [3.05, 3.63) is 125 Å². The Balaban J connectivity index is 1.68. The number of aryl methyl sites for hydroxylation is 2. The molecule has 37 heavy (non-hydrogen) atoms. The Hall–Kier alpha value is -4.51. The SMILES string of the molecule is CCc1ccc(N(c2ccc(C(=O)c3cccc(C)c3)cc2)c2ccc(/C(C)=N\OC(C)=O)cc2)cc1. The van der Waals surface area contributed by atoms with Gasteiger partial charge < -0.3 is 9.74 Å². The molecule has 0 aliphatic rings. The van der Waals surface area contributed by atoms with Crippen molar-refractivity contribution in [1.29, 1.82) is 0 Å². The molecule has 0 fully saturated rings. The zero-order valence-corrected chi connectivity index (χ0v) is 21.6. The van der Waals surface area contributed by atoms with Crippen molar-refractivity contribution in [3.8, 4) is 0 Å². The Morgan fingerprint density at radius 1 is 0.730 bits per heavy atom. The number of carbonyl (C=O) groups is 2. The number of carbonyl (C=O) groups excluding carboxylic acids is 2. The lowest BCUT2D eigenvalue weighted by molar-refractivity contribution is -0.140. The Morgan fingerprint density at radius 2 is 1.27 bits per heavy atom. The molecular formula is C32H30N2O3. The molecule has 0 amide bonds. The Kier molecular flexibility index (Phi) is 7.94. The summed E-state index contributed by atoms with van der Waals surface area (Å²) in [5.74, 6) is -0.456. The van der Waals surface area contributed by atoms with Crippen LogP contribution in [0.5, 0.6) is 0 Å². The quantitative estimate of drug-likeness (QED) is 0.111. The van der Waals surface area contributed by atoms with E-state index in [1.165, 1.54) is 12.5 Å². The smallest absolute Gasteiger partial charge is 0.318 e. The fourth-order valence-corrected chi connectivity index (χ4v) is 4.08. The van der Waals surface area contributed by atoms with Gasteiger partial charge in [0.2, 0.25) is 0 Å². The van der Waals surface area contributed by atoms with Crippen LogP contribution < -0.4 is 4.90 Å². The molecule has 4 aromatic rings. The van der Waals surface area contributed by atoms with Gasteiger partial charge in [-0.1, -0.05) is 60.1 Å². The number of nitrogens with zero attached hydrogens (tertiary/aromatic N) is 2. The van der Waals surface area contributed by atoms with Gasteiger partial charge in [0, 0.05) is 35.1 Å². The highest BCUT2D eigenvalue weighted by Gasteiger charge is 2.15. The van der Waals surface area contributed by atoms with Crippen LogP contribution in [0.4, 0.5) is 17.1 Å². The third-order valence-corrected chi connectivity index (χ3v) is 6.13. The molecule has 0 aliphatic heterocycles. The van der Waals surface area contributed by atoms with Gasteiger partial charge in [0.1, 0.15) is 0 Å². The third kappa shape index (κ3) is 6.19. The summed E-state index contributed by atoms with van der Waals surface area (Å²) in [6.45, 7) is 7.23. The van der Waals surface area contributed by atoms with Crippen molar-refractivity contribution < 1.29 is 14.4 Å². The van der Waals surface area contributed by atoms with E-state index >= 15 is 0 Å². The van der Waals surface area contributed by atoms with Crippen LogP contribution in [0.1, 0.15) is 53.4 Å². The molecular weight excluding hydrogens is 460 g/mol. The van der Waals surface area contributed by atoms with Crippen LogP contribution in [0.25, 0.3) is 0 Å². The van der Waals surface area contributed by atoms with Crippen molar-refractivity contribution in [2.75, 3.05) is 4.90 Å². The molecule has 0 radical (unpaired) electrons. The molecule has 0 bridgehead atoms. The van der Waals surface area contributed by atoms with Gasteiger partial charge in [0.15, 0.2) is 5.78 Å². The average Bonchev–Trinajstić information content (AvgIpc) is 2.92. The van der Waals surface area contributed by atoms with Crippen LogP contribution in [0.15, 0.2) is 102 Å². The minimum Gasteiger partial charge on any atom is -0.318 e. The third-order valence-electron chi connectivity index (χ3n) is 6.13. The van der Waals surface area contributed by atoms with E-state index in [0.29, 0.717) is 16.8 Å². The standard InChI is InChI=1S/C32H30N2O3/c1-5-25-9-15-29(16-10-25)34(30-17-11-26(12-18-30)23(3)33-37-24(4)35)31-19-13-27(14-20-31)32(36)28-8-6-7-22(2)21-28/h6-21H,5H2,1-4H3/b33-23-. The molecule has 4 aromatic carbocycles. The van der Waals surface area contributed by atoms with Crippen LogP contribution in [-0.4, -0.2) is 17.5 Å². The first kappa shape index (κ1) is 25.6. The monoisotopic (exact) mass is 490 g/mol. The zero-order valence-electron chi connectivity index (χ0n) is 21.6. The van der Waals surface area contributed by atoms with Gasteiger partial charge in [0.05, 0.1) is 5.71 Å². The maximum Gasteiger partial charge on any atom is 0.331 e. The zero-order chi connectivity index (χ0) is 26.4. The van der Waals surface area contributed by atoms with Crippen molar-refractivity contribution in [3.63, 3.8) is 0 Å². The predicted molar refractivity (Wildman–Crippen MR) is 149 cm³/mol. The van der Waals surface area contributed by atoms with Crippen molar-refractivity contribution in [2.24, 2.45) is 5.16 Å². The van der Waals surface area contributed by atoms with Crippen molar-refractivity contribution in [2.45, 2.75) is 34.1 Å². The Morgan fingerprint density at radius 3 is 1.78 bits per heavy atom. The topological polar surface area (TPSA) is 59.0 Å². The maximum atomic E-state index is 13.0. The van der Waals surface area contributed by atoms with E-state index in [9.17, 15) is 9.59 Å². The molecule has 0 unspecified atom stereocenters. The summed E-state index contributed by atoms with van der Waals surface area (Å²) in [6, 6.07) is 31.7. The molecule has 0 heterocycles. The minimum atomic E-state index is -0.456. The summed E-state index contributed by atoms with van der Waals surface area (Å²) in [5, 5.41) is 3.88. The van der Waals surface area contributed by atoms with Crippen LogP contribution in [0.3, 0.4) is 0 Å². The summed E-state index contributed by atoms with van der Waals surface area (Å²) in [6.07, 6.45) is 0.964. The summed E-state index contributed by atoms with van der Waals surface area (Å²) in [4.78, 5) is 31.0. The normalized spacial score (nSPS) is 11.2. The van der Waals surface area contributed by atoms with E-state index in [1.54, 1.807) is 6.92 Å². The Labute approximate surface area is 218 Å². The molecule has 5 heteroatoms. The lowest BCUT2D eigenvalue weighted by atomic mass is 10.0. The lowest BCUT2D eigenvalue weighted by Gasteiger charge is -2.26. The van der Waals surface area contributed by atoms with Crippen LogP contribution in [0, 0.1) is 6.92 Å². The molecule has 0 atom stereocenters. The molecule has 0 saturated heterocycles. The van der Waals surface area contributed by atoms with E-state index in [2.05, 4.69) is 41.2 Å². The minimum absolute atomic E-state index is 0.000920. The van der Waals surface area contributed by atoms with E-state index in [0.717, 1.165) is 34.6 Å². The summed E-state index contributed by atoms with van der Waals surface area (Å²) < 4.78 is 0. The molecule has 5 nitrogen and oxygen atoms in total. The largest absolute Gasteiger partial charge is 0.331 e. The first-order valence-electron chi connectivity index (χ1n) is 12.3. The van der Waals surface area contributed by atoms with Gasteiger partial charge in [-0.15, -0.1) is 0 Å². The number of hydrogen-bond donors (Lipinski definition) is 0. The number of ketones is 1. The Bertz CT molecular complexity index is 1420. The summed E-state index contributed by atoms with van der Waals surface area (Å²) >= 11 is 0. The molecule has 0 aromatic heterocycles. The summed E-state index contributed by atoms with van der Waals surface area (Å²) in [7, 11) is 0. The lowest BCUT2D eigenvalue weighted by Crippen LogP contribution is -2.11.